The lowest BCUT2D eigenvalue weighted by Crippen LogP contribution is -2.27. The van der Waals surface area contributed by atoms with Gasteiger partial charge in [-0.3, -0.25) is 4.79 Å². The number of nitrogens with zero attached hydrogens (tertiary/aromatic N) is 2. The van der Waals surface area contributed by atoms with Gasteiger partial charge >= 0.3 is 0 Å². The molecule has 0 aromatic carbocycles. The molecule has 1 N–H and O–H groups in total. The average Bonchev–Trinajstić information content (AvgIpc) is 2.77. The second-order valence-corrected chi connectivity index (χ2v) is 7.42. The summed E-state index contributed by atoms with van der Waals surface area (Å²) in [5, 5.41) is 2.71. The van der Waals surface area contributed by atoms with Crippen molar-refractivity contribution in [3.05, 3.63) is 35.8 Å². The minimum Gasteiger partial charge on any atom is -0.356 e. The Labute approximate surface area is 124 Å². The molecule has 2 aromatic rings. The van der Waals surface area contributed by atoms with Crippen molar-refractivity contribution >= 4 is 21.4 Å². The molecule has 0 unspecified atom stereocenters. The average molecular weight is 309 g/mol. The summed E-state index contributed by atoms with van der Waals surface area (Å²) in [6.45, 7) is 2.33. The Balaban J connectivity index is 1.88. The zero-order valence-electron chi connectivity index (χ0n) is 12.2. The Morgan fingerprint density at radius 1 is 1.43 bits per heavy atom. The van der Waals surface area contributed by atoms with Crippen LogP contribution in [-0.4, -0.2) is 42.3 Å². The summed E-state index contributed by atoms with van der Waals surface area (Å²) in [6, 6.07) is 3.90. The van der Waals surface area contributed by atoms with Gasteiger partial charge in [0.1, 0.15) is 15.5 Å². The molecule has 0 aliphatic carbocycles. The fraction of sp³-hybridized carbons (Fsp3) is 0.429. The van der Waals surface area contributed by atoms with Gasteiger partial charge in [0, 0.05) is 25.2 Å². The molecule has 0 atom stereocenters. The molecule has 1 amide bonds. The van der Waals surface area contributed by atoms with Crippen LogP contribution in [0.4, 0.5) is 0 Å². The van der Waals surface area contributed by atoms with Crippen LogP contribution in [0.5, 0.6) is 0 Å². The highest BCUT2D eigenvalue weighted by molar-refractivity contribution is 7.90. The number of hydrogen-bond donors (Lipinski definition) is 1. The van der Waals surface area contributed by atoms with E-state index in [1.165, 1.54) is 6.26 Å². The number of aryl methyl sites for hydroxylation is 1. The maximum Gasteiger partial charge on any atom is 0.226 e. The van der Waals surface area contributed by atoms with Crippen LogP contribution >= 0.6 is 0 Å². The fourth-order valence-electron chi connectivity index (χ4n) is 2.08. The van der Waals surface area contributed by atoms with Gasteiger partial charge in [-0.1, -0.05) is 6.07 Å². The van der Waals surface area contributed by atoms with Crippen molar-refractivity contribution in [2.24, 2.45) is 0 Å². The van der Waals surface area contributed by atoms with E-state index in [4.69, 9.17) is 0 Å². The van der Waals surface area contributed by atoms with Crippen LogP contribution in [0.2, 0.25) is 0 Å². The molecule has 0 bridgehead atoms. The van der Waals surface area contributed by atoms with Gasteiger partial charge in [-0.15, -0.1) is 0 Å². The summed E-state index contributed by atoms with van der Waals surface area (Å²) >= 11 is 0. The van der Waals surface area contributed by atoms with Gasteiger partial charge in [-0.25, -0.2) is 13.4 Å². The Morgan fingerprint density at radius 2 is 2.19 bits per heavy atom. The second-order valence-electron chi connectivity index (χ2n) is 5.16. The molecular formula is C14H19N3O3S. The molecule has 21 heavy (non-hydrogen) atoms. The number of nitrogens with one attached hydrogen (secondary N) is 1. The first-order valence-electron chi connectivity index (χ1n) is 6.73. The predicted molar refractivity (Wildman–Crippen MR) is 81.0 cm³/mol. The van der Waals surface area contributed by atoms with E-state index in [9.17, 15) is 13.2 Å². The smallest absolute Gasteiger partial charge is 0.226 e. The highest BCUT2D eigenvalue weighted by atomic mass is 32.2. The molecule has 0 spiro atoms. The standard InChI is InChI=1S/C14H19N3O3S/c1-11-5-3-7-17-10-12(16-14(11)17)9-13(18)15-6-4-8-21(2,19)20/h3,5,7,10H,4,6,8-9H2,1-2H3,(H,15,18). The lowest BCUT2D eigenvalue weighted by atomic mass is 10.3. The number of amides is 1. The third-order valence-electron chi connectivity index (χ3n) is 3.08. The molecule has 0 aliphatic heterocycles. The molecular weight excluding hydrogens is 290 g/mol. The third kappa shape index (κ3) is 4.56. The van der Waals surface area contributed by atoms with E-state index in [-0.39, 0.29) is 18.1 Å². The Morgan fingerprint density at radius 3 is 2.86 bits per heavy atom. The zero-order chi connectivity index (χ0) is 15.5. The molecule has 6 nitrogen and oxygen atoms in total. The Kier molecular flexibility index (Phi) is 4.62. The van der Waals surface area contributed by atoms with Crippen LogP contribution in [0.25, 0.3) is 5.65 Å². The lowest BCUT2D eigenvalue weighted by Gasteiger charge is -2.03. The van der Waals surface area contributed by atoms with Gasteiger partial charge in [0.15, 0.2) is 0 Å². The molecule has 0 fully saturated rings. The van der Waals surface area contributed by atoms with E-state index >= 15 is 0 Å². The van der Waals surface area contributed by atoms with Crippen LogP contribution in [0, 0.1) is 6.92 Å². The number of sulfone groups is 1. The van der Waals surface area contributed by atoms with Crippen LogP contribution in [-0.2, 0) is 21.1 Å². The first kappa shape index (κ1) is 15.5. The molecule has 2 rings (SSSR count). The van der Waals surface area contributed by atoms with Crippen molar-refractivity contribution in [3.8, 4) is 0 Å². The van der Waals surface area contributed by atoms with E-state index in [0.29, 0.717) is 18.7 Å². The normalized spacial score (nSPS) is 11.7. The number of carbonyl (C=O) groups excluding carboxylic acids is 1. The second kappa shape index (κ2) is 6.26. The highest BCUT2D eigenvalue weighted by Gasteiger charge is 2.09. The molecule has 0 saturated heterocycles. The van der Waals surface area contributed by atoms with Gasteiger partial charge in [0.05, 0.1) is 17.9 Å². The van der Waals surface area contributed by atoms with Crippen LogP contribution in [0.1, 0.15) is 17.7 Å². The van der Waals surface area contributed by atoms with Crippen molar-refractivity contribution < 1.29 is 13.2 Å². The SMILES string of the molecule is Cc1cccn2cc(CC(=O)NCCCS(C)(=O)=O)nc12. The van der Waals surface area contributed by atoms with Gasteiger partial charge in [-0.2, -0.15) is 0 Å². The quantitative estimate of drug-likeness (QED) is 0.798. The van der Waals surface area contributed by atoms with Crippen LogP contribution in [0.15, 0.2) is 24.5 Å². The summed E-state index contributed by atoms with van der Waals surface area (Å²) in [5.41, 5.74) is 2.60. The third-order valence-corrected chi connectivity index (χ3v) is 4.11. The summed E-state index contributed by atoms with van der Waals surface area (Å²) in [4.78, 5) is 16.2. The monoisotopic (exact) mass is 309 g/mol. The highest BCUT2D eigenvalue weighted by Crippen LogP contribution is 2.10. The van der Waals surface area contributed by atoms with E-state index in [2.05, 4.69) is 10.3 Å². The Hall–Kier alpha value is -1.89. The molecule has 0 saturated carbocycles. The van der Waals surface area contributed by atoms with Crippen molar-refractivity contribution in [1.29, 1.82) is 0 Å². The minimum atomic E-state index is -2.97. The topological polar surface area (TPSA) is 80.5 Å². The van der Waals surface area contributed by atoms with E-state index in [1.807, 2.05) is 35.9 Å². The largest absolute Gasteiger partial charge is 0.356 e. The Bertz CT molecular complexity index is 750. The molecule has 2 aromatic heterocycles. The van der Waals surface area contributed by atoms with E-state index in [1.54, 1.807) is 0 Å². The first-order valence-corrected chi connectivity index (χ1v) is 8.79. The van der Waals surface area contributed by atoms with Crippen molar-refractivity contribution in [2.75, 3.05) is 18.6 Å². The van der Waals surface area contributed by atoms with E-state index < -0.39 is 9.84 Å². The number of pyridine rings is 1. The molecule has 114 valence electrons. The number of fused-ring (bicyclic) bond motifs is 1. The summed E-state index contributed by atoms with van der Waals surface area (Å²) in [6.07, 6.45) is 5.53. The number of aromatic nitrogens is 2. The van der Waals surface area contributed by atoms with Crippen molar-refractivity contribution in [2.45, 2.75) is 19.8 Å². The van der Waals surface area contributed by atoms with Gasteiger partial charge in [0.25, 0.3) is 0 Å². The minimum absolute atomic E-state index is 0.0842. The maximum atomic E-state index is 11.8. The van der Waals surface area contributed by atoms with Gasteiger partial charge in [0.2, 0.25) is 5.91 Å². The van der Waals surface area contributed by atoms with Gasteiger partial charge in [-0.05, 0) is 25.0 Å². The first-order chi connectivity index (χ1) is 9.85. The predicted octanol–water partition coefficient (Wildman–Crippen LogP) is 0.736. The summed E-state index contributed by atoms with van der Waals surface area (Å²) in [7, 11) is -2.97. The molecule has 0 radical (unpaired) electrons. The number of carbonyl (C=O) groups is 1. The number of imidazole rings is 1. The number of hydrogen-bond acceptors (Lipinski definition) is 4. The van der Waals surface area contributed by atoms with Crippen molar-refractivity contribution in [1.82, 2.24) is 14.7 Å². The van der Waals surface area contributed by atoms with Gasteiger partial charge < -0.3 is 9.72 Å². The number of rotatable bonds is 6. The fourth-order valence-corrected chi connectivity index (χ4v) is 2.75. The molecule has 2 heterocycles. The molecule has 7 heteroatoms. The van der Waals surface area contributed by atoms with Crippen LogP contribution < -0.4 is 5.32 Å². The van der Waals surface area contributed by atoms with Crippen molar-refractivity contribution in [3.63, 3.8) is 0 Å². The summed E-state index contributed by atoms with van der Waals surface area (Å²) < 4.78 is 23.8. The van der Waals surface area contributed by atoms with E-state index in [0.717, 1.165) is 11.2 Å². The summed E-state index contributed by atoms with van der Waals surface area (Å²) in [5.74, 6) is -0.0644. The maximum absolute atomic E-state index is 11.8. The zero-order valence-corrected chi connectivity index (χ0v) is 13.0. The molecule has 0 aliphatic rings. The lowest BCUT2D eigenvalue weighted by molar-refractivity contribution is -0.120. The van der Waals surface area contributed by atoms with Crippen LogP contribution in [0.3, 0.4) is 0 Å².